The summed E-state index contributed by atoms with van der Waals surface area (Å²) in [6.45, 7) is 5.24. The molecular weight excluding hydrogens is 366 g/mol. The summed E-state index contributed by atoms with van der Waals surface area (Å²) in [7, 11) is 0. The Morgan fingerprint density at radius 1 is 0.966 bits per heavy atom. The number of fused-ring (bicyclic) bond motifs is 1. The van der Waals surface area contributed by atoms with Crippen molar-refractivity contribution in [2.75, 3.05) is 32.9 Å². The number of carbonyl (C=O) groups excluding carboxylic acids is 1. The molecule has 0 unspecified atom stereocenters. The Balaban J connectivity index is 1.54. The third kappa shape index (κ3) is 4.51. The number of rotatable bonds is 6. The van der Waals surface area contributed by atoms with Crippen molar-refractivity contribution in [2.24, 2.45) is 0 Å². The molecule has 1 aliphatic heterocycles. The monoisotopic (exact) mass is 391 g/mol. The van der Waals surface area contributed by atoms with Crippen LogP contribution in [0.25, 0.3) is 10.8 Å². The molecule has 0 spiro atoms. The van der Waals surface area contributed by atoms with Crippen molar-refractivity contribution < 1.29 is 19.0 Å². The zero-order valence-electron chi connectivity index (χ0n) is 16.6. The van der Waals surface area contributed by atoms with E-state index in [1.807, 2.05) is 60.4 Å². The van der Waals surface area contributed by atoms with E-state index in [0.717, 1.165) is 22.4 Å². The highest BCUT2D eigenvalue weighted by molar-refractivity contribution is 5.94. The van der Waals surface area contributed by atoms with Crippen molar-refractivity contribution in [3.8, 4) is 11.5 Å². The Morgan fingerprint density at radius 3 is 2.55 bits per heavy atom. The topological polar surface area (TPSA) is 48.0 Å². The first-order chi connectivity index (χ1) is 14.2. The maximum absolute atomic E-state index is 12.8. The summed E-state index contributed by atoms with van der Waals surface area (Å²) in [4.78, 5) is 14.7. The predicted octanol–water partition coefficient (Wildman–Crippen LogP) is 4.29. The Labute approximate surface area is 170 Å². The molecule has 0 aromatic heterocycles. The standard InChI is InChI=1S/C24H25NO4/c1-2-28-23-10-8-20(24(26)25-11-13-27-14-12-25)15-21(23)17-29-22-9-7-18-5-3-4-6-19(18)16-22/h3-10,15-16H,2,11-14,17H2,1H3. The van der Waals surface area contributed by atoms with Crippen LogP contribution in [0.3, 0.4) is 0 Å². The van der Waals surface area contributed by atoms with E-state index in [2.05, 4.69) is 12.1 Å². The third-order valence-corrected chi connectivity index (χ3v) is 5.02. The van der Waals surface area contributed by atoms with Gasteiger partial charge in [0.1, 0.15) is 18.1 Å². The first-order valence-electron chi connectivity index (χ1n) is 9.99. The van der Waals surface area contributed by atoms with Crippen LogP contribution >= 0.6 is 0 Å². The Morgan fingerprint density at radius 2 is 1.76 bits per heavy atom. The number of benzene rings is 3. The van der Waals surface area contributed by atoms with E-state index in [1.165, 1.54) is 5.39 Å². The van der Waals surface area contributed by atoms with Crippen LogP contribution in [0.2, 0.25) is 0 Å². The van der Waals surface area contributed by atoms with Crippen LogP contribution in [0.5, 0.6) is 11.5 Å². The zero-order valence-corrected chi connectivity index (χ0v) is 16.6. The summed E-state index contributed by atoms with van der Waals surface area (Å²) >= 11 is 0. The van der Waals surface area contributed by atoms with Gasteiger partial charge in [-0.3, -0.25) is 4.79 Å². The molecule has 0 aliphatic carbocycles. The van der Waals surface area contributed by atoms with Gasteiger partial charge < -0.3 is 19.1 Å². The van der Waals surface area contributed by atoms with Crippen LogP contribution < -0.4 is 9.47 Å². The summed E-state index contributed by atoms with van der Waals surface area (Å²) in [5.41, 5.74) is 1.51. The highest BCUT2D eigenvalue weighted by atomic mass is 16.5. The average Bonchev–Trinajstić information content (AvgIpc) is 2.78. The summed E-state index contributed by atoms with van der Waals surface area (Å²) in [6, 6.07) is 19.8. The summed E-state index contributed by atoms with van der Waals surface area (Å²) in [5, 5.41) is 2.30. The van der Waals surface area contributed by atoms with Gasteiger partial charge in [-0.05, 0) is 48.0 Å². The van der Waals surface area contributed by atoms with Crippen molar-refractivity contribution in [2.45, 2.75) is 13.5 Å². The van der Waals surface area contributed by atoms with Crippen molar-refractivity contribution in [1.29, 1.82) is 0 Å². The van der Waals surface area contributed by atoms with E-state index < -0.39 is 0 Å². The molecule has 1 amide bonds. The van der Waals surface area contributed by atoms with E-state index >= 15 is 0 Å². The fourth-order valence-corrected chi connectivity index (χ4v) is 3.49. The average molecular weight is 391 g/mol. The van der Waals surface area contributed by atoms with Crippen LogP contribution in [-0.4, -0.2) is 43.7 Å². The van der Waals surface area contributed by atoms with Gasteiger partial charge in [0.2, 0.25) is 0 Å². The molecule has 0 saturated carbocycles. The van der Waals surface area contributed by atoms with Gasteiger partial charge >= 0.3 is 0 Å². The van der Waals surface area contributed by atoms with Gasteiger partial charge in [0.05, 0.1) is 19.8 Å². The number of morpholine rings is 1. The van der Waals surface area contributed by atoms with Crippen molar-refractivity contribution >= 4 is 16.7 Å². The molecule has 0 atom stereocenters. The summed E-state index contributed by atoms with van der Waals surface area (Å²) in [6.07, 6.45) is 0. The Hall–Kier alpha value is -3.05. The SMILES string of the molecule is CCOc1ccc(C(=O)N2CCOCC2)cc1COc1ccc2ccccc2c1. The first kappa shape index (κ1) is 19.3. The third-order valence-electron chi connectivity index (χ3n) is 5.02. The maximum Gasteiger partial charge on any atom is 0.254 e. The van der Waals surface area contributed by atoms with E-state index in [9.17, 15) is 4.79 Å². The Bertz CT molecular complexity index is 995. The minimum absolute atomic E-state index is 0.0169. The van der Waals surface area contributed by atoms with E-state index in [1.54, 1.807) is 0 Å². The largest absolute Gasteiger partial charge is 0.493 e. The van der Waals surface area contributed by atoms with Crippen LogP contribution in [-0.2, 0) is 11.3 Å². The van der Waals surface area contributed by atoms with Crippen molar-refractivity contribution in [1.82, 2.24) is 4.90 Å². The van der Waals surface area contributed by atoms with Gasteiger partial charge in [-0.2, -0.15) is 0 Å². The molecule has 29 heavy (non-hydrogen) atoms. The van der Waals surface area contributed by atoms with Gasteiger partial charge in [-0.15, -0.1) is 0 Å². The van der Waals surface area contributed by atoms with E-state index in [0.29, 0.717) is 45.1 Å². The van der Waals surface area contributed by atoms with Crippen molar-refractivity contribution in [3.63, 3.8) is 0 Å². The lowest BCUT2D eigenvalue weighted by Crippen LogP contribution is -2.40. The lowest BCUT2D eigenvalue weighted by Gasteiger charge is -2.27. The van der Waals surface area contributed by atoms with Gasteiger partial charge in [-0.25, -0.2) is 0 Å². The minimum Gasteiger partial charge on any atom is -0.493 e. The molecule has 150 valence electrons. The summed E-state index contributed by atoms with van der Waals surface area (Å²) < 4.78 is 17.1. The molecule has 1 saturated heterocycles. The van der Waals surface area contributed by atoms with E-state index in [4.69, 9.17) is 14.2 Å². The van der Waals surface area contributed by atoms with E-state index in [-0.39, 0.29) is 5.91 Å². The van der Waals surface area contributed by atoms with Crippen LogP contribution in [0.15, 0.2) is 60.7 Å². The predicted molar refractivity (Wildman–Crippen MR) is 113 cm³/mol. The van der Waals surface area contributed by atoms with Crippen LogP contribution in [0, 0.1) is 0 Å². The smallest absolute Gasteiger partial charge is 0.254 e. The fraction of sp³-hybridized carbons (Fsp3) is 0.292. The zero-order chi connectivity index (χ0) is 20.1. The van der Waals surface area contributed by atoms with Crippen molar-refractivity contribution in [3.05, 3.63) is 71.8 Å². The highest BCUT2D eigenvalue weighted by Gasteiger charge is 2.20. The van der Waals surface area contributed by atoms with Crippen LogP contribution in [0.1, 0.15) is 22.8 Å². The number of carbonyl (C=O) groups is 1. The van der Waals surface area contributed by atoms with Gasteiger partial charge in [0.15, 0.2) is 0 Å². The second-order valence-corrected chi connectivity index (χ2v) is 6.96. The molecule has 1 fully saturated rings. The lowest BCUT2D eigenvalue weighted by atomic mass is 10.1. The molecule has 5 nitrogen and oxygen atoms in total. The molecule has 1 aliphatic rings. The normalized spacial score (nSPS) is 14.0. The highest BCUT2D eigenvalue weighted by Crippen LogP contribution is 2.25. The molecule has 0 N–H and O–H groups in total. The molecule has 0 bridgehead atoms. The van der Waals surface area contributed by atoms with Gasteiger partial charge in [-0.1, -0.05) is 30.3 Å². The molecule has 3 aromatic carbocycles. The summed E-state index contributed by atoms with van der Waals surface area (Å²) in [5.74, 6) is 1.55. The number of hydrogen-bond donors (Lipinski definition) is 0. The molecular formula is C24H25NO4. The number of ether oxygens (including phenoxy) is 3. The second-order valence-electron chi connectivity index (χ2n) is 6.96. The molecule has 4 rings (SSSR count). The number of nitrogens with zero attached hydrogens (tertiary/aromatic N) is 1. The molecule has 5 heteroatoms. The molecule has 1 heterocycles. The Kier molecular flexibility index (Phi) is 5.96. The van der Waals surface area contributed by atoms with Gasteiger partial charge in [0, 0.05) is 24.2 Å². The minimum atomic E-state index is 0.0169. The number of amides is 1. The maximum atomic E-state index is 12.8. The quantitative estimate of drug-likeness (QED) is 0.629. The van der Waals surface area contributed by atoms with Crippen LogP contribution in [0.4, 0.5) is 0 Å². The molecule has 3 aromatic rings. The second kappa shape index (κ2) is 8.97. The molecule has 0 radical (unpaired) electrons. The first-order valence-corrected chi connectivity index (χ1v) is 9.99. The van der Waals surface area contributed by atoms with Gasteiger partial charge in [0.25, 0.3) is 5.91 Å². The fourth-order valence-electron chi connectivity index (χ4n) is 3.49. The number of hydrogen-bond acceptors (Lipinski definition) is 4. The lowest BCUT2D eigenvalue weighted by molar-refractivity contribution is 0.0302.